The van der Waals surface area contributed by atoms with Gasteiger partial charge < -0.3 is 9.64 Å². The molecule has 4 heterocycles. The summed E-state index contributed by atoms with van der Waals surface area (Å²) in [6.45, 7) is 6.50. The average molecular weight is 511 g/mol. The molecule has 3 aliphatic heterocycles. The van der Waals surface area contributed by atoms with Gasteiger partial charge in [-0.1, -0.05) is 18.2 Å². The minimum absolute atomic E-state index is 0.0462. The van der Waals surface area contributed by atoms with E-state index in [1.54, 1.807) is 24.3 Å². The number of hydrogen-bond acceptors (Lipinski definition) is 6. The summed E-state index contributed by atoms with van der Waals surface area (Å²) in [6.07, 6.45) is 3.62. The number of allylic oxidation sites excluding steroid dienone is 1. The molecule has 3 aliphatic rings. The molecule has 8 heteroatoms. The third-order valence-corrected chi connectivity index (χ3v) is 7.73. The number of piperidine rings is 1. The van der Waals surface area contributed by atoms with Crippen molar-refractivity contribution in [2.24, 2.45) is 0 Å². The van der Waals surface area contributed by atoms with Crippen molar-refractivity contribution in [2.75, 3.05) is 44.3 Å². The zero-order valence-corrected chi connectivity index (χ0v) is 21.4. The van der Waals surface area contributed by atoms with Crippen LogP contribution in [0.2, 0.25) is 0 Å². The monoisotopic (exact) mass is 510 g/mol. The van der Waals surface area contributed by atoms with Crippen LogP contribution in [0.4, 0.5) is 5.69 Å². The number of fused-ring (bicyclic) bond motifs is 2. The summed E-state index contributed by atoms with van der Waals surface area (Å²) in [6, 6.07) is 16.9. The Hall–Kier alpha value is -3.88. The van der Waals surface area contributed by atoms with E-state index in [4.69, 9.17) is 9.72 Å². The highest BCUT2D eigenvalue weighted by Gasteiger charge is 2.34. The highest BCUT2D eigenvalue weighted by atomic mass is 16.5. The van der Waals surface area contributed by atoms with E-state index in [0.717, 1.165) is 63.1 Å². The van der Waals surface area contributed by atoms with Gasteiger partial charge in [0.2, 0.25) is 11.7 Å². The van der Waals surface area contributed by atoms with Crippen LogP contribution in [0.5, 0.6) is 0 Å². The molecule has 0 spiro atoms. The molecule has 8 nitrogen and oxygen atoms in total. The molecular weight excluding hydrogens is 480 g/mol. The van der Waals surface area contributed by atoms with Crippen molar-refractivity contribution in [1.82, 2.24) is 14.8 Å². The van der Waals surface area contributed by atoms with Crippen LogP contribution in [0.1, 0.15) is 46.2 Å². The third-order valence-electron chi connectivity index (χ3n) is 7.73. The molecule has 0 atom stereocenters. The van der Waals surface area contributed by atoms with Gasteiger partial charge in [0, 0.05) is 55.7 Å². The Morgan fingerprint density at radius 3 is 2.50 bits per heavy atom. The van der Waals surface area contributed by atoms with E-state index in [-0.39, 0.29) is 23.3 Å². The second-order valence-corrected chi connectivity index (χ2v) is 10.0. The van der Waals surface area contributed by atoms with Crippen LogP contribution in [0.25, 0.3) is 17.0 Å². The van der Waals surface area contributed by atoms with Crippen LogP contribution in [0.15, 0.2) is 60.3 Å². The molecule has 2 aromatic carbocycles. The maximum atomic E-state index is 13.3. The topological polar surface area (TPSA) is 83.1 Å². The fourth-order valence-corrected chi connectivity index (χ4v) is 5.75. The van der Waals surface area contributed by atoms with Gasteiger partial charge in [0.15, 0.2) is 0 Å². The second-order valence-electron chi connectivity index (χ2n) is 10.0. The summed E-state index contributed by atoms with van der Waals surface area (Å²) >= 11 is 0. The number of ketones is 1. The van der Waals surface area contributed by atoms with Gasteiger partial charge in [-0.2, -0.15) is 0 Å². The average Bonchev–Trinajstić information content (AvgIpc) is 3.24. The molecule has 0 radical (unpaired) electrons. The predicted molar refractivity (Wildman–Crippen MR) is 145 cm³/mol. The molecule has 0 unspecified atom stereocenters. The lowest BCUT2D eigenvalue weighted by molar-refractivity contribution is -0.116. The van der Waals surface area contributed by atoms with E-state index >= 15 is 0 Å². The van der Waals surface area contributed by atoms with Gasteiger partial charge in [-0.25, -0.2) is 4.98 Å². The van der Waals surface area contributed by atoms with Crippen LogP contribution >= 0.6 is 0 Å². The van der Waals surface area contributed by atoms with Crippen molar-refractivity contribution in [3.63, 3.8) is 0 Å². The SMILES string of the molecule is CC(=O)N1/C(=C/c2ccc3cc(C(=O)N4CCC(N5CCOCC5)CC4)ccc3n2)C(=O)c2ccccc21. The number of carbonyl (C=O) groups excluding carboxylic acids is 3. The number of carbonyl (C=O) groups is 3. The van der Waals surface area contributed by atoms with E-state index < -0.39 is 0 Å². The first-order valence-electron chi connectivity index (χ1n) is 13.2. The number of benzene rings is 2. The van der Waals surface area contributed by atoms with Gasteiger partial charge >= 0.3 is 0 Å². The Morgan fingerprint density at radius 1 is 0.974 bits per heavy atom. The van der Waals surface area contributed by atoms with Crippen molar-refractivity contribution in [3.05, 3.63) is 77.1 Å². The molecule has 0 bridgehead atoms. The molecule has 3 aromatic rings. The number of amides is 2. The molecular formula is C30H30N4O4. The van der Waals surface area contributed by atoms with Crippen LogP contribution in [0, 0.1) is 0 Å². The molecule has 0 aliphatic carbocycles. The van der Waals surface area contributed by atoms with Crippen molar-refractivity contribution in [1.29, 1.82) is 0 Å². The molecule has 0 N–H and O–H groups in total. The zero-order valence-electron chi connectivity index (χ0n) is 21.4. The smallest absolute Gasteiger partial charge is 0.253 e. The van der Waals surface area contributed by atoms with Crippen LogP contribution < -0.4 is 4.90 Å². The molecule has 0 saturated carbocycles. The molecule has 1 aromatic heterocycles. The zero-order chi connectivity index (χ0) is 26.2. The lowest BCUT2D eigenvalue weighted by atomic mass is 10.0. The largest absolute Gasteiger partial charge is 0.379 e. The van der Waals surface area contributed by atoms with Crippen molar-refractivity contribution in [3.8, 4) is 0 Å². The van der Waals surface area contributed by atoms with E-state index in [1.807, 2.05) is 41.3 Å². The van der Waals surface area contributed by atoms with Gasteiger partial charge in [0.25, 0.3) is 5.91 Å². The molecule has 6 rings (SSSR count). The Labute approximate surface area is 221 Å². The number of rotatable bonds is 3. The first-order valence-corrected chi connectivity index (χ1v) is 13.2. The van der Waals surface area contributed by atoms with Gasteiger partial charge in [0.05, 0.1) is 35.8 Å². The van der Waals surface area contributed by atoms with E-state index in [0.29, 0.717) is 28.6 Å². The lowest BCUT2D eigenvalue weighted by Gasteiger charge is -2.40. The highest BCUT2D eigenvalue weighted by molar-refractivity contribution is 6.26. The maximum absolute atomic E-state index is 13.3. The van der Waals surface area contributed by atoms with Gasteiger partial charge in [-0.3, -0.25) is 24.2 Å². The number of Topliss-reactive ketones (excluding diaryl/α,β-unsaturated/α-hetero) is 1. The number of nitrogens with zero attached hydrogens (tertiary/aromatic N) is 4. The van der Waals surface area contributed by atoms with Gasteiger partial charge in [-0.05, 0) is 55.3 Å². The predicted octanol–water partition coefficient (Wildman–Crippen LogP) is 3.76. The number of ether oxygens (including phenoxy) is 1. The standard InChI is InChI=1S/C30H30N4O4/c1-20(35)34-27-5-3-2-4-25(27)29(36)28(34)19-23-8-6-21-18-22(7-9-26(21)31-23)30(37)33-12-10-24(11-13-33)32-14-16-38-17-15-32/h2-9,18-19,24H,10-17H2,1H3/b28-19+. The van der Waals surface area contributed by atoms with Crippen LogP contribution in [-0.4, -0.2) is 77.8 Å². The maximum Gasteiger partial charge on any atom is 0.253 e. The van der Waals surface area contributed by atoms with Crippen LogP contribution in [-0.2, 0) is 9.53 Å². The summed E-state index contributed by atoms with van der Waals surface area (Å²) in [4.78, 5) is 49.2. The Morgan fingerprint density at radius 2 is 1.74 bits per heavy atom. The van der Waals surface area contributed by atoms with Crippen LogP contribution in [0.3, 0.4) is 0 Å². The fraction of sp³-hybridized carbons (Fsp3) is 0.333. The number of morpholine rings is 1. The van der Waals surface area contributed by atoms with Gasteiger partial charge in [0.1, 0.15) is 0 Å². The summed E-state index contributed by atoms with van der Waals surface area (Å²) in [7, 11) is 0. The first kappa shape index (κ1) is 24.5. The van der Waals surface area contributed by atoms with E-state index in [2.05, 4.69) is 4.90 Å². The van der Waals surface area contributed by atoms with Gasteiger partial charge in [-0.15, -0.1) is 0 Å². The Bertz CT molecular complexity index is 1450. The second kappa shape index (κ2) is 10.1. The summed E-state index contributed by atoms with van der Waals surface area (Å²) in [5.74, 6) is -0.381. The number of anilines is 1. The van der Waals surface area contributed by atoms with E-state index in [9.17, 15) is 14.4 Å². The number of hydrogen-bond donors (Lipinski definition) is 0. The van der Waals surface area contributed by atoms with Crippen molar-refractivity contribution < 1.29 is 19.1 Å². The summed E-state index contributed by atoms with van der Waals surface area (Å²) in [5, 5.41) is 0.852. The number of likely N-dealkylation sites (tertiary alicyclic amines) is 1. The fourth-order valence-electron chi connectivity index (χ4n) is 5.75. The number of para-hydroxylation sites is 1. The lowest BCUT2D eigenvalue weighted by Crippen LogP contribution is -2.50. The minimum Gasteiger partial charge on any atom is -0.379 e. The first-order chi connectivity index (χ1) is 18.5. The number of aromatic nitrogens is 1. The summed E-state index contributed by atoms with van der Waals surface area (Å²) < 4.78 is 5.47. The third kappa shape index (κ3) is 4.50. The summed E-state index contributed by atoms with van der Waals surface area (Å²) in [5.41, 5.74) is 3.33. The minimum atomic E-state index is -0.229. The van der Waals surface area contributed by atoms with E-state index in [1.165, 1.54) is 11.8 Å². The Balaban J connectivity index is 1.19. The Kier molecular flexibility index (Phi) is 6.51. The molecule has 2 saturated heterocycles. The highest BCUT2D eigenvalue weighted by Crippen LogP contribution is 2.35. The molecule has 2 amide bonds. The van der Waals surface area contributed by atoms with Crippen molar-refractivity contribution in [2.45, 2.75) is 25.8 Å². The number of pyridine rings is 1. The normalized spacial score (nSPS) is 19.8. The molecule has 38 heavy (non-hydrogen) atoms. The van der Waals surface area contributed by atoms with Crippen molar-refractivity contribution >= 4 is 40.3 Å². The quantitative estimate of drug-likeness (QED) is 0.499. The molecule has 2 fully saturated rings. The molecule has 194 valence electrons.